The lowest BCUT2D eigenvalue weighted by molar-refractivity contribution is 0.0952. The summed E-state index contributed by atoms with van der Waals surface area (Å²) in [5, 5.41) is 4.05. The van der Waals surface area contributed by atoms with E-state index < -0.39 is 0 Å². The highest BCUT2D eigenvalue weighted by Gasteiger charge is 2.10. The number of methoxy groups -OCH3 is 1. The van der Waals surface area contributed by atoms with Crippen molar-refractivity contribution in [3.63, 3.8) is 0 Å². The number of amides is 1. The molecule has 2 rings (SSSR count). The van der Waals surface area contributed by atoms with Gasteiger partial charge in [-0.1, -0.05) is 18.2 Å². The van der Waals surface area contributed by atoms with E-state index in [2.05, 4.69) is 15.5 Å². The van der Waals surface area contributed by atoms with Crippen molar-refractivity contribution >= 4 is 11.6 Å². The molecule has 0 aliphatic heterocycles. The first-order valence-corrected chi connectivity index (χ1v) is 6.11. The molecule has 0 fully saturated rings. The highest BCUT2D eigenvalue weighted by atomic mass is 16.5. The van der Waals surface area contributed by atoms with Crippen LogP contribution in [0.1, 0.15) is 23.0 Å². The number of nitrogens with one attached hydrogen (secondary N) is 1. The summed E-state index contributed by atoms with van der Waals surface area (Å²) in [7, 11) is 1.52. The zero-order valence-electron chi connectivity index (χ0n) is 11.3. The summed E-state index contributed by atoms with van der Waals surface area (Å²) in [5.74, 6) is 0.188. The van der Waals surface area contributed by atoms with E-state index >= 15 is 0 Å². The Balaban J connectivity index is 2.12. The maximum Gasteiger partial charge on any atom is 0.275 e. The van der Waals surface area contributed by atoms with Crippen molar-refractivity contribution in [3.05, 3.63) is 59.9 Å². The van der Waals surface area contributed by atoms with Crippen molar-refractivity contribution in [1.29, 1.82) is 0 Å². The number of hydrazone groups is 1. The van der Waals surface area contributed by atoms with Crippen molar-refractivity contribution in [3.8, 4) is 5.75 Å². The quantitative estimate of drug-likeness (QED) is 0.684. The predicted octanol–water partition coefficient (Wildman–Crippen LogP) is 2.24. The third kappa shape index (κ3) is 3.20. The van der Waals surface area contributed by atoms with E-state index in [1.165, 1.54) is 7.11 Å². The van der Waals surface area contributed by atoms with Gasteiger partial charge in [0.15, 0.2) is 0 Å². The fourth-order valence-corrected chi connectivity index (χ4v) is 1.66. The maximum atomic E-state index is 12.0. The smallest absolute Gasteiger partial charge is 0.275 e. The van der Waals surface area contributed by atoms with Crippen molar-refractivity contribution in [2.24, 2.45) is 5.10 Å². The fraction of sp³-hybridized carbons (Fsp3) is 0.133. The molecule has 1 aromatic carbocycles. The first kappa shape index (κ1) is 13.7. The van der Waals surface area contributed by atoms with Crippen LogP contribution >= 0.6 is 0 Å². The van der Waals surface area contributed by atoms with Crippen LogP contribution in [-0.2, 0) is 0 Å². The van der Waals surface area contributed by atoms with Crippen LogP contribution in [0.2, 0.25) is 0 Å². The second kappa shape index (κ2) is 6.47. The number of aromatic nitrogens is 1. The van der Waals surface area contributed by atoms with Crippen molar-refractivity contribution in [1.82, 2.24) is 10.4 Å². The third-order valence-corrected chi connectivity index (χ3v) is 2.71. The van der Waals surface area contributed by atoms with Gasteiger partial charge < -0.3 is 4.74 Å². The van der Waals surface area contributed by atoms with Gasteiger partial charge in [-0.25, -0.2) is 5.43 Å². The van der Waals surface area contributed by atoms with Crippen molar-refractivity contribution < 1.29 is 9.53 Å². The minimum absolute atomic E-state index is 0.322. The Morgan fingerprint density at radius 2 is 1.95 bits per heavy atom. The number of nitrogens with zero attached hydrogens (tertiary/aromatic N) is 2. The number of para-hydroxylation sites is 1. The molecule has 0 radical (unpaired) electrons. The lowest BCUT2D eigenvalue weighted by Crippen LogP contribution is -2.20. The maximum absolute atomic E-state index is 12.0. The van der Waals surface area contributed by atoms with Crippen LogP contribution in [0.3, 0.4) is 0 Å². The van der Waals surface area contributed by atoms with E-state index in [0.717, 1.165) is 0 Å². The summed E-state index contributed by atoms with van der Waals surface area (Å²) in [6.45, 7) is 1.78. The van der Waals surface area contributed by atoms with Gasteiger partial charge in [0.1, 0.15) is 5.75 Å². The molecular weight excluding hydrogens is 254 g/mol. The molecule has 1 N–H and O–H groups in total. The van der Waals surface area contributed by atoms with E-state index in [-0.39, 0.29) is 5.91 Å². The summed E-state index contributed by atoms with van der Waals surface area (Å²) in [6.07, 6.45) is 1.68. The summed E-state index contributed by atoms with van der Waals surface area (Å²) >= 11 is 0. The Morgan fingerprint density at radius 3 is 2.65 bits per heavy atom. The number of benzene rings is 1. The highest BCUT2D eigenvalue weighted by Crippen LogP contribution is 2.16. The molecule has 1 aromatic heterocycles. The van der Waals surface area contributed by atoms with Crippen LogP contribution in [0.5, 0.6) is 5.75 Å². The molecule has 5 heteroatoms. The van der Waals surface area contributed by atoms with Gasteiger partial charge in [-0.05, 0) is 31.2 Å². The Hall–Kier alpha value is -2.69. The largest absolute Gasteiger partial charge is 0.496 e. The Morgan fingerprint density at radius 1 is 1.20 bits per heavy atom. The van der Waals surface area contributed by atoms with Crippen LogP contribution in [-0.4, -0.2) is 23.7 Å². The van der Waals surface area contributed by atoms with E-state index in [9.17, 15) is 4.79 Å². The SMILES string of the molecule is COc1ccccc1C(=O)N/N=C(\C)c1ccccn1. The topological polar surface area (TPSA) is 63.6 Å². The molecule has 0 unspecified atom stereocenters. The Labute approximate surface area is 117 Å². The van der Waals surface area contributed by atoms with Gasteiger partial charge in [-0.2, -0.15) is 5.10 Å². The summed E-state index contributed by atoms with van der Waals surface area (Å²) in [5.41, 5.74) is 4.29. The molecule has 20 heavy (non-hydrogen) atoms. The number of pyridine rings is 1. The number of carbonyl (C=O) groups excluding carboxylic acids is 1. The molecule has 0 bridgehead atoms. The molecule has 2 aromatic rings. The monoisotopic (exact) mass is 269 g/mol. The lowest BCUT2D eigenvalue weighted by atomic mass is 10.2. The highest BCUT2D eigenvalue weighted by molar-refractivity contribution is 6.00. The average Bonchev–Trinajstić information content (AvgIpc) is 2.53. The van der Waals surface area contributed by atoms with Crippen LogP contribution < -0.4 is 10.2 Å². The fourth-order valence-electron chi connectivity index (χ4n) is 1.66. The summed E-state index contributed by atoms with van der Waals surface area (Å²) in [4.78, 5) is 16.2. The van der Waals surface area contributed by atoms with Gasteiger partial charge in [-0.3, -0.25) is 9.78 Å². The number of hydrogen-bond acceptors (Lipinski definition) is 4. The van der Waals surface area contributed by atoms with Gasteiger partial charge in [0.05, 0.1) is 24.1 Å². The molecule has 0 aliphatic carbocycles. The number of carbonyl (C=O) groups is 1. The van der Waals surface area contributed by atoms with Crippen LogP contribution in [0.4, 0.5) is 0 Å². The van der Waals surface area contributed by atoms with Gasteiger partial charge in [0, 0.05) is 6.20 Å². The number of rotatable bonds is 4. The van der Waals surface area contributed by atoms with Crippen molar-refractivity contribution in [2.45, 2.75) is 6.92 Å². The van der Waals surface area contributed by atoms with Gasteiger partial charge in [0.2, 0.25) is 0 Å². The van der Waals surface area contributed by atoms with E-state index in [4.69, 9.17) is 4.74 Å². The molecule has 1 amide bonds. The summed E-state index contributed by atoms with van der Waals surface area (Å²) in [6, 6.07) is 12.5. The third-order valence-electron chi connectivity index (χ3n) is 2.71. The van der Waals surface area contributed by atoms with E-state index in [1.54, 1.807) is 37.4 Å². The number of hydrogen-bond donors (Lipinski definition) is 1. The standard InChI is InChI=1S/C15H15N3O2/c1-11(13-8-5-6-10-16-13)17-18-15(19)12-7-3-4-9-14(12)20-2/h3-10H,1-2H3,(H,18,19)/b17-11+. The first-order chi connectivity index (χ1) is 9.72. The molecule has 5 nitrogen and oxygen atoms in total. The van der Waals surface area contributed by atoms with E-state index in [1.807, 2.05) is 18.2 Å². The van der Waals surface area contributed by atoms with Crippen molar-refractivity contribution in [2.75, 3.05) is 7.11 Å². The molecular formula is C15H15N3O2. The first-order valence-electron chi connectivity index (χ1n) is 6.11. The molecule has 0 spiro atoms. The van der Waals surface area contributed by atoms with Gasteiger partial charge in [-0.15, -0.1) is 0 Å². The lowest BCUT2D eigenvalue weighted by Gasteiger charge is -2.06. The molecule has 1 heterocycles. The predicted molar refractivity (Wildman–Crippen MR) is 76.9 cm³/mol. The summed E-state index contributed by atoms with van der Waals surface area (Å²) < 4.78 is 5.14. The Kier molecular flexibility index (Phi) is 4.44. The van der Waals surface area contributed by atoms with Gasteiger partial charge >= 0.3 is 0 Å². The van der Waals surface area contributed by atoms with Crippen LogP contribution in [0.15, 0.2) is 53.8 Å². The van der Waals surface area contributed by atoms with E-state index in [0.29, 0.717) is 22.7 Å². The molecule has 0 atom stereocenters. The normalized spacial score (nSPS) is 11.0. The molecule has 0 saturated heterocycles. The molecule has 0 saturated carbocycles. The Bertz CT molecular complexity index is 624. The second-order valence-electron chi connectivity index (χ2n) is 4.05. The average molecular weight is 269 g/mol. The minimum Gasteiger partial charge on any atom is -0.496 e. The zero-order valence-corrected chi connectivity index (χ0v) is 11.3. The van der Waals surface area contributed by atoms with Crippen LogP contribution in [0, 0.1) is 0 Å². The van der Waals surface area contributed by atoms with Crippen LogP contribution in [0.25, 0.3) is 0 Å². The minimum atomic E-state index is -0.322. The molecule has 102 valence electrons. The molecule has 0 aliphatic rings. The zero-order chi connectivity index (χ0) is 14.4. The van der Waals surface area contributed by atoms with Gasteiger partial charge in [0.25, 0.3) is 5.91 Å². The second-order valence-corrected chi connectivity index (χ2v) is 4.05. The number of ether oxygens (including phenoxy) is 1.